The Hall–Kier alpha value is -1.77. The second kappa shape index (κ2) is 3.96. The lowest BCUT2D eigenvalue weighted by Crippen LogP contribution is -2.19. The van der Waals surface area contributed by atoms with Crippen molar-refractivity contribution in [3.05, 3.63) is 41.7 Å². The first-order valence-electron chi connectivity index (χ1n) is 4.45. The van der Waals surface area contributed by atoms with E-state index in [-0.39, 0.29) is 0 Å². The lowest BCUT2D eigenvalue weighted by molar-refractivity contribution is 0.395. The third-order valence-electron chi connectivity index (χ3n) is 2.10. The Balaban J connectivity index is 2.09. The SMILES string of the molecule is O=[C]NCC1=CCc2ccccc2O1. The van der Waals surface area contributed by atoms with E-state index in [0.717, 1.165) is 17.9 Å². The standard InChI is InChI=1S/C11H10NO2/c13-8-12-7-10-6-5-9-3-1-2-4-11(9)14-10/h1-4,6H,5,7H2,(H,12,13). The van der Waals surface area contributed by atoms with Gasteiger partial charge in [0, 0.05) is 0 Å². The minimum atomic E-state index is 0.401. The molecule has 1 amide bonds. The Morgan fingerprint density at radius 1 is 1.43 bits per heavy atom. The number of allylic oxidation sites excluding steroid dienone is 1. The van der Waals surface area contributed by atoms with E-state index in [1.165, 1.54) is 5.56 Å². The van der Waals surface area contributed by atoms with Gasteiger partial charge in [-0.25, -0.2) is 0 Å². The van der Waals surface area contributed by atoms with Gasteiger partial charge >= 0.3 is 6.41 Å². The number of para-hydroxylation sites is 1. The molecule has 1 aliphatic rings. The zero-order chi connectivity index (χ0) is 9.80. The highest BCUT2D eigenvalue weighted by atomic mass is 16.5. The van der Waals surface area contributed by atoms with Crippen LogP contribution in [0, 0.1) is 0 Å². The summed E-state index contributed by atoms with van der Waals surface area (Å²) in [5, 5.41) is 2.45. The molecule has 1 N–H and O–H groups in total. The Morgan fingerprint density at radius 2 is 2.29 bits per heavy atom. The molecule has 0 aliphatic carbocycles. The second-order valence-electron chi connectivity index (χ2n) is 3.04. The topological polar surface area (TPSA) is 38.3 Å². The molecule has 0 unspecified atom stereocenters. The Labute approximate surface area is 82.4 Å². The van der Waals surface area contributed by atoms with Crippen LogP contribution in [0.4, 0.5) is 0 Å². The fraction of sp³-hybridized carbons (Fsp3) is 0.182. The largest absolute Gasteiger partial charge is 0.460 e. The smallest absolute Gasteiger partial charge is 0.309 e. The van der Waals surface area contributed by atoms with E-state index in [0.29, 0.717) is 6.54 Å². The van der Waals surface area contributed by atoms with Crippen molar-refractivity contribution >= 4 is 6.41 Å². The van der Waals surface area contributed by atoms with Gasteiger partial charge in [-0.3, -0.25) is 4.79 Å². The number of rotatable bonds is 3. The first-order valence-corrected chi connectivity index (χ1v) is 4.45. The molecule has 0 fully saturated rings. The van der Waals surface area contributed by atoms with Crippen LogP contribution in [0.3, 0.4) is 0 Å². The monoisotopic (exact) mass is 188 g/mol. The number of nitrogens with one attached hydrogen (secondary N) is 1. The Morgan fingerprint density at radius 3 is 3.14 bits per heavy atom. The molecule has 1 aromatic rings. The molecule has 0 atom stereocenters. The molecule has 3 heteroatoms. The van der Waals surface area contributed by atoms with Crippen molar-refractivity contribution in [2.45, 2.75) is 6.42 Å². The molecule has 0 spiro atoms. The van der Waals surface area contributed by atoms with E-state index in [2.05, 4.69) is 5.32 Å². The van der Waals surface area contributed by atoms with Crippen molar-refractivity contribution in [1.82, 2.24) is 5.32 Å². The average Bonchev–Trinajstić information content (AvgIpc) is 2.26. The van der Waals surface area contributed by atoms with Gasteiger partial charge in [-0.05, 0) is 24.1 Å². The van der Waals surface area contributed by atoms with Gasteiger partial charge in [-0.1, -0.05) is 18.2 Å². The molecule has 71 valence electrons. The molecule has 1 radical (unpaired) electrons. The van der Waals surface area contributed by atoms with E-state index in [1.807, 2.05) is 30.3 Å². The summed E-state index contributed by atoms with van der Waals surface area (Å²) in [5.74, 6) is 1.64. The molecule has 1 aromatic carbocycles. The molecule has 2 rings (SSSR count). The first-order chi connectivity index (χ1) is 6.90. The number of benzene rings is 1. The highest BCUT2D eigenvalue weighted by molar-refractivity contribution is 5.48. The van der Waals surface area contributed by atoms with Crippen LogP contribution in [0.25, 0.3) is 0 Å². The number of amides is 1. The summed E-state index contributed by atoms with van der Waals surface area (Å²) in [6.45, 7) is 0.401. The summed E-state index contributed by atoms with van der Waals surface area (Å²) in [5.41, 5.74) is 1.17. The molecule has 0 saturated carbocycles. The highest BCUT2D eigenvalue weighted by Crippen LogP contribution is 2.25. The predicted octanol–water partition coefficient (Wildman–Crippen LogP) is 1.16. The third kappa shape index (κ3) is 1.76. The molecule has 1 heterocycles. The van der Waals surface area contributed by atoms with Crippen LogP contribution in [-0.4, -0.2) is 13.0 Å². The predicted molar refractivity (Wildman–Crippen MR) is 52.6 cm³/mol. The van der Waals surface area contributed by atoms with Crippen molar-refractivity contribution < 1.29 is 9.53 Å². The Bertz CT molecular complexity index is 371. The normalized spacial score (nSPS) is 13.6. The number of hydrogen-bond acceptors (Lipinski definition) is 2. The summed E-state index contributed by atoms with van der Waals surface area (Å²) in [6.07, 6.45) is 4.44. The number of carbonyl (C=O) groups excluding carboxylic acids is 1. The van der Waals surface area contributed by atoms with E-state index >= 15 is 0 Å². The number of ether oxygens (including phenoxy) is 1. The number of fused-ring (bicyclic) bond motifs is 1. The minimum Gasteiger partial charge on any atom is -0.460 e. The van der Waals surface area contributed by atoms with Gasteiger partial charge in [-0.15, -0.1) is 0 Å². The van der Waals surface area contributed by atoms with E-state index in [1.54, 1.807) is 6.41 Å². The van der Waals surface area contributed by atoms with Gasteiger partial charge in [0.05, 0.1) is 6.54 Å². The van der Waals surface area contributed by atoms with E-state index < -0.39 is 0 Å². The third-order valence-corrected chi connectivity index (χ3v) is 2.10. The molecular weight excluding hydrogens is 178 g/mol. The maximum Gasteiger partial charge on any atom is 0.309 e. The summed E-state index contributed by atoms with van der Waals surface area (Å²) >= 11 is 0. The average molecular weight is 188 g/mol. The van der Waals surface area contributed by atoms with Crippen molar-refractivity contribution in [3.63, 3.8) is 0 Å². The highest BCUT2D eigenvalue weighted by Gasteiger charge is 2.10. The fourth-order valence-corrected chi connectivity index (χ4v) is 1.41. The van der Waals surface area contributed by atoms with Crippen molar-refractivity contribution in [1.29, 1.82) is 0 Å². The van der Waals surface area contributed by atoms with E-state index in [9.17, 15) is 4.79 Å². The van der Waals surface area contributed by atoms with Gasteiger partial charge < -0.3 is 10.1 Å². The van der Waals surface area contributed by atoms with Crippen LogP contribution in [0.2, 0.25) is 0 Å². The van der Waals surface area contributed by atoms with Gasteiger partial charge in [0.1, 0.15) is 11.5 Å². The quantitative estimate of drug-likeness (QED) is 0.723. The van der Waals surface area contributed by atoms with Crippen LogP contribution < -0.4 is 10.1 Å². The van der Waals surface area contributed by atoms with Crippen molar-refractivity contribution in [2.24, 2.45) is 0 Å². The molecule has 1 aliphatic heterocycles. The molecule has 3 nitrogen and oxygen atoms in total. The molecule has 0 aromatic heterocycles. The minimum absolute atomic E-state index is 0.401. The van der Waals surface area contributed by atoms with E-state index in [4.69, 9.17) is 4.74 Å². The maximum absolute atomic E-state index is 9.97. The van der Waals surface area contributed by atoms with Crippen LogP contribution in [0.15, 0.2) is 36.1 Å². The van der Waals surface area contributed by atoms with Crippen LogP contribution in [-0.2, 0) is 11.2 Å². The summed E-state index contributed by atoms with van der Waals surface area (Å²) in [6, 6.07) is 7.87. The second-order valence-corrected chi connectivity index (χ2v) is 3.04. The van der Waals surface area contributed by atoms with Gasteiger partial charge in [0.15, 0.2) is 0 Å². The molecule has 0 saturated heterocycles. The van der Waals surface area contributed by atoms with Crippen molar-refractivity contribution in [3.8, 4) is 5.75 Å². The van der Waals surface area contributed by atoms with Gasteiger partial charge in [0.25, 0.3) is 0 Å². The zero-order valence-corrected chi connectivity index (χ0v) is 7.62. The van der Waals surface area contributed by atoms with Gasteiger partial charge in [0.2, 0.25) is 0 Å². The van der Waals surface area contributed by atoms with Crippen LogP contribution >= 0.6 is 0 Å². The summed E-state index contributed by atoms with van der Waals surface area (Å²) in [7, 11) is 0. The number of hydrogen-bond donors (Lipinski definition) is 1. The van der Waals surface area contributed by atoms with Crippen LogP contribution in [0.5, 0.6) is 5.75 Å². The van der Waals surface area contributed by atoms with Gasteiger partial charge in [-0.2, -0.15) is 0 Å². The fourth-order valence-electron chi connectivity index (χ4n) is 1.41. The lowest BCUT2D eigenvalue weighted by Gasteiger charge is -2.17. The summed E-state index contributed by atoms with van der Waals surface area (Å²) < 4.78 is 5.55. The van der Waals surface area contributed by atoms with Crippen LogP contribution in [0.1, 0.15) is 5.56 Å². The molecule has 14 heavy (non-hydrogen) atoms. The van der Waals surface area contributed by atoms with Crippen molar-refractivity contribution in [2.75, 3.05) is 6.54 Å². The first kappa shape index (κ1) is 8.81. The molecular formula is C11H10NO2. The Kier molecular flexibility index (Phi) is 2.49. The molecule has 0 bridgehead atoms. The zero-order valence-electron chi connectivity index (χ0n) is 7.62. The summed E-state index contributed by atoms with van der Waals surface area (Å²) in [4.78, 5) is 9.97. The maximum atomic E-state index is 9.97. The lowest BCUT2D eigenvalue weighted by atomic mass is 10.1.